The summed E-state index contributed by atoms with van der Waals surface area (Å²) in [4.78, 5) is 21.0. The molecule has 0 amide bonds. The second kappa shape index (κ2) is 5.82. The van der Waals surface area contributed by atoms with Crippen molar-refractivity contribution in [2.45, 2.75) is 18.6 Å². The van der Waals surface area contributed by atoms with Gasteiger partial charge in [0.25, 0.3) is 11.4 Å². The highest BCUT2D eigenvalue weighted by atomic mass is 16.6. The quantitative estimate of drug-likeness (QED) is 0.673. The van der Waals surface area contributed by atoms with Crippen LogP contribution in [-0.4, -0.2) is 16.5 Å². The maximum Gasteiger partial charge on any atom is 0.269 e. The second-order valence-corrected chi connectivity index (χ2v) is 6.24. The first-order valence-corrected chi connectivity index (χ1v) is 7.95. The number of hydrogen-bond acceptors (Lipinski definition) is 6. The summed E-state index contributed by atoms with van der Waals surface area (Å²) in [6.45, 7) is 0.586. The highest BCUT2D eigenvalue weighted by Crippen LogP contribution is 2.50. The van der Waals surface area contributed by atoms with E-state index < -0.39 is 9.85 Å². The van der Waals surface area contributed by atoms with Crippen LogP contribution in [0.3, 0.4) is 0 Å². The van der Waals surface area contributed by atoms with Crippen molar-refractivity contribution in [3.63, 3.8) is 0 Å². The minimum Gasteiger partial charge on any atom is -0.378 e. The highest BCUT2D eigenvalue weighted by molar-refractivity contribution is 5.61. The van der Waals surface area contributed by atoms with Gasteiger partial charge in [-0.05, 0) is 18.1 Å². The van der Waals surface area contributed by atoms with Gasteiger partial charge in [0.2, 0.25) is 0 Å². The summed E-state index contributed by atoms with van der Waals surface area (Å²) in [7, 11) is 0. The molecule has 1 fully saturated rings. The van der Waals surface area contributed by atoms with Crippen LogP contribution in [0.1, 0.15) is 29.7 Å². The molecular weight excluding hydrogens is 326 g/mol. The standard InChI is InChI=1S/C17H15N3O5/c21-19(22)11-3-1-10(2-4-11)16-13-7-8-25-17(13)14-9-12(20(23)24)5-6-15(14)18-16/h1-6,9,13,16-18H,7-8H2/t13-,16+,17-/m1/s1. The third kappa shape index (κ3) is 2.60. The van der Waals surface area contributed by atoms with Crippen molar-refractivity contribution >= 4 is 17.1 Å². The highest BCUT2D eigenvalue weighted by Gasteiger charge is 2.42. The predicted molar refractivity (Wildman–Crippen MR) is 89.4 cm³/mol. The van der Waals surface area contributed by atoms with Crippen LogP contribution in [0, 0.1) is 26.1 Å². The average Bonchev–Trinajstić information content (AvgIpc) is 3.10. The number of nitro groups is 2. The van der Waals surface area contributed by atoms with Crippen LogP contribution in [0.2, 0.25) is 0 Å². The Hall–Kier alpha value is -3.00. The van der Waals surface area contributed by atoms with Crippen LogP contribution in [-0.2, 0) is 4.74 Å². The molecule has 2 aromatic rings. The van der Waals surface area contributed by atoms with Gasteiger partial charge in [-0.25, -0.2) is 0 Å². The number of anilines is 1. The molecule has 4 rings (SSSR count). The SMILES string of the molecule is O=[N+]([O-])c1ccc([C@@H]2Nc3ccc([N+](=O)[O-])cc3[C@@H]3OCC[C@H]23)cc1. The molecule has 0 aliphatic carbocycles. The molecule has 1 saturated heterocycles. The van der Waals surface area contributed by atoms with E-state index in [-0.39, 0.29) is 29.4 Å². The predicted octanol–water partition coefficient (Wildman–Crippen LogP) is 3.75. The number of nitrogens with zero attached hydrogens (tertiary/aromatic N) is 2. The largest absolute Gasteiger partial charge is 0.378 e. The van der Waals surface area contributed by atoms with E-state index in [4.69, 9.17) is 4.74 Å². The van der Waals surface area contributed by atoms with E-state index in [1.165, 1.54) is 18.2 Å². The normalized spacial score (nSPS) is 24.1. The van der Waals surface area contributed by atoms with Crippen molar-refractivity contribution in [3.05, 3.63) is 73.8 Å². The van der Waals surface area contributed by atoms with E-state index in [9.17, 15) is 20.2 Å². The van der Waals surface area contributed by atoms with Gasteiger partial charge >= 0.3 is 0 Å². The van der Waals surface area contributed by atoms with E-state index in [0.29, 0.717) is 6.61 Å². The van der Waals surface area contributed by atoms with Crippen molar-refractivity contribution in [1.29, 1.82) is 0 Å². The molecule has 25 heavy (non-hydrogen) atoms. The van der Waals surface area contributed by atoms with Crippen LogP contribution in [0.5, 0.6) is 0 Å². The molecule has 8 nitrogen and oxygen atoms in total. The van der Waals surface area contributed by atoms with Gasteiger partial charge in [-0.15, -0.1) is 0 Å². The Labute approximate surface area is 142 Å². The summed E-state index contributed by atoms with van der Waals surface area (Å²) in [5.41, 5.74) is 2.64. The zero-order valence-corrected chi connectivity index (χ0v) is 13.1. The molecule has 0 bridgehead atoms. The smallest absolute Gasteiger partial charge is 0.269 e. The van der Waals surface area contributed by atoms with Crippen molar-refractivity contribution in [2.24, 2.45) is 5.92 Å². The summed E-state index contributed by atoms with van der Waals surface area (Å²) in [5.74, 6) is 0.121. The van der Waals surface area contributed by atoms with Crippen LogP contribution in [0.25, 0.3) is 0 Å². The van der Waals surface area contributed by atoms with E-state index >= 15 is 0 Å². The fourth-order valence-corrected chi connectivity index (χ4v) is 3.71. The maximum atomic E-state index is 11.0. The number of fused-ring (bicyclic) bond motifs is 3. The van der Waals surface area contributed by atoms with Crippen molar-refractivity contribution in [1.82, 2.24) is 0 Å². The Morgan fingerprint density at radius 3 is 2.36 bits per heavy atom. The van der Waals surface area contributed by atoms with Crippen LogP contribution < -0.4 is 5.32 Å². The van der Waals surface area contributed by atoms with E-state index in [0.717, 1.165) is 23.2 Å². The first-order chi connectivity index (χ1) is 12.0. The molecule has 0 radical (unpaired) electrons. The van der Waals surface area contributed by atoms with Crippen molar-refractivity contribution < 1.29 is 14.6 Å². The number of non-ortho nitro benzene ring substituents is 2. The zero-order chi connectivity index (χ0) is 17.6. The molecule has 0 spiro atoms. The molecule has 2 aromatic carbocycles. The van der Waals surface area contributed by atoms with Gasteiger partial charge in [0.05, 0.1) is 22.0 Å². The fraction of sp³-hybridized carbons (Fsp3) is 0.294. The lowest BCUT2D eigenvalue weighted by molar-refractivity contribution is -0.385. The number of nitro benzene ring substituents is 2. The third-order valence-electron chi connectivity index (χ3n) is 4.89. The van der Waals surface area contributed by atoms with Gasteiger partial charge < -0.3 is 10.1 Å². The first kappa shape index (κ1) is 15.5. The van der Waals surface area contributed by atoms with E-state index in [2.05, 4.69) is 5.32 Å². The molecule has 0 aromatic heterocycles. The third-order valence-corrected chi connectivity index (χ3v) is 4.89. The lowest BCUT2D eigenvalue weighted by Gasteiger charge is -2.36. The number of rotatable bonds is 3. The summed E-state index contributed by atoms with van der Waals surface area (Å²) in [5, 5.41) is 25.3. The molecule has 0 unspecified atom stereocenters. The van der Waals surface area contributed by atoms with Crippen LogP contribution >= 0.6 is 0 Å². The molecule has 8 heteroatoms. The average molecular weight is 341 g/mol. The molecule has 2 heterocycles. The molecule has 0 saturated carbocycles. The maximum absolute atomic E-state index is 11.0. The van der Waals surface area contributed by atoms with Gasteiger partial charge in [-0.3, -0.25) is 20.2 Å². The minimum absolute atomic E-state index is 0.0450. The topological polar surface area (TPSA) is 108 Å². The monoisotopic (exact) mass is 341 g/mol. The van der Waals surface area contributed by atoms with Gasteiger partial charge in [0.1, 0.15) is 0 Å². The fourth-order valence-electron chi connectivity index (χ4n) is 3.71. The first-order valence-electron chi connectivity index (χ1n) is 7.95. The summed E-state index contributed by atoms with van der Waals surface area (Å²) in [6.07, 6.45) is 0.609. The number of nitrogens with one attached hydrogen (secondary N) is 1. The van der Waals surface area contributed by atoms with E-state index in [1.807, 2.05) is 0 Å². The zero-order valence-electron chi connectivity index (χ0n) is 13.1. The van der Waals surface area contributed by atoms with E-state index in [1.54, 1.807) is 24.3 Å². The number of benzene rings is 2. The molecular formula is C17H15N3O5. The summed E-state index contributed by atoms with van der Waals surface area (Å²) >= 11 is 0. The summed E-state index contributed by atoms with van der Waals surface area (Å²) in [6, 6.07) is 11.2. The Morgan fingerprint density at radius 1 is 1.00 bits per heavy atom. The second-order valence-electron chi connectivity index (χ2n) is 6.24. The molecule has 2 aliphatic heterocycles. The lowest BCUT2D eigenvalue weighted by atomic mass is 9.81. The Kier molecular flexibility index (Phi) is 3.61. The molecule has 3 atom stereocenters. The Balaban J connectivity index is 1.72. The molecule has 2 aliphatic rings. The van der Waals surface area contributed by atoms with Gasteiger partial charge in [-0.1, -0.05) is 12.1 Å². The summed E-state index contributed by atoms with van der Waals surface area (Å²) < 4.78 is 5.86. The van der Waals surface area contributed by atoms with Gasteiger partial charge in [-0.2, -0.15) is 0 Å². The Morgan fingerprint density at radius 2 is 1.68 bits per heavy atom. The van der Waals surface area contributed by atoms with Crippen molar-refractivity contribution in [2.75, 3.05) is 11.9 Å². The van der Waals surface area contributed by atoms with Crippen LogP contribution in [0.4, 0.5) is 17.1 Å². The Bertz CT molecular complexity index is 852. The van der Waals surface area contributed by atoms with Gasteiger partial charge in [0.15, 0.2) is 0 Å². The molecule has 1 N–H and O–H groups in total. The lowest BCUT2D eigenvalue weighted by Crippen LogP contribution is -2.29. The van der Waals surface area contributed by atoms with Crippen molar-refractivity contribution in [3.8, 4) is 0 Å². The van der Waals surface area contributed by atoms with Crippen LogP contribution in [0.15, 0.2) is 42.5 Å². The van der Waals surface area contributed by atoms with Gasteiger partial charge in [0, 0.05) is 48.0 Å². The minimum atomic E-state index is -0.423. The number of hydrogen-bond donors (Lipinski definition) is 1. The number of ether oxygens (including phenoxy) is 1. The molecule has 128 valence electrons.